The highest BCUT2D eigenvalue weighted by Crippen LogP contribution is 2.26. The van der Waals surface area contributed by atoms with Gasteiger partial charge in [0.15, 0.2) is 0 Å². The van der Waals surface area contributed by atoms with Gasteiger partial charge in [0.1, 0.15) is 6.33 Å². The molecule has 1 aliphatic rings. The topological polar surface area (TPSA) is 83.6 Å². The Bertz CT molecular complexity index is 742. The maximum Gasteiger partial charge on any atom is 0.252 e. The first-order valence-electron chi connectivity index (χ1n) is 8.55. The molecular weight excluding hydrogens is 306 g/mol. The molecule has 0 radical (unpaired) electrons. The molecule has 2 unspecified atom stereocenters. The van der Waals surface area contributed by atoms with E-state index in [4.69, 9.17) is 0 Å². The van der Waals surface area contributed by atoms with E-state index >= 15 is 0 Å². The van der Waals surface area contributed by atoms with Gasteiger partial charge in [0, 0.05) is 37.3 Å². The summed E-state index contributed by atoms with van der Waals surface area (Å²) in [5, 5.41) is 14.1. The van der Waals surface area contributed by atoms with Gasteiger partial charge >= 0.3 is 0 Å². The normalized spacial score (nSPS) is 20.7. The molecule has 1 N–H and O–H groups in total. The zero-order valence-corrected chi connectivity index (χ0v) is 14.6. The average Bonchev–Trinajstić information content (AvgIpc) is 3.16. The van der Waals surface area contributed by atoms with Gasteiger partial charge in [0.25, 0.3) is 5.78 Å². The van der Waals surface area contributed by atoms with Gasteiger partial charge in [-0.1, -0.05) is 6.42 Å². The van der Waals surface area contributed by atoms with Gasteiger partial charge in [-0.15, -0.1) is 0 Å². The molecule has 2 atom stereocenters. The Kier molecular flexibility index (Phi) is 4.80. The third-order valence-electron chi connectivity index (χ3n) is 5.13. The number of aliphatic hydroxyl groups is 1. The maximum atomic E-state index is 12.4. The predicted molar refractivity (Wildman–Crippen MR) is 89.6 cm³/mol. The predicted octanol–water partition coefficient (Wildman–Crippen LogP) is 1.29. The van der Waals surface area contributed by atoms with Gasteiger partial charge in [-0.3, -0.25) is 4.79 Å². The molecule has 0 bridgehead atoms. The highest BCUT2D eigenvalue weighted by Gasteiger charge is 2.27. The van der Waals surface area contributed by atoms with Crippen LogP contribution in [0, 0.1) is 19.8 Å². The van der Waals surface area contributed by atoms with Crippen molar-refractivity contribution in [3.63, 3.8) is 0 Å². The quantitative estimate of drug-likeness (QED) is 0.892. The van der Waals surface area contributed by atoms with E-state index in [0.717, 1.165) is 36.2 Å². The van der Waals surface area contributed by atoms with Crippen LogP contribution < -0.4 is 0 Å². The van der Waals surface area contributed by atoms with Crippen molar-refractivity contribution >= 4 is 11.7 Å². The third-order valence-corrected chi connectivity index (χ3v) is 5.13. The first-order chi connectivity index (χ1) is 11.5. The van der Waals surface area contributed by atoms with E-state index in [9.17, 15) is 9.90 Å². The molecule has 2 aromatic rings. The summed E-state index contributed by atoms with van der Waals surface area (Å²) < 4.78 is 1.71. The third kappa shape index (κ3) is 3.26. The summed E-state index contributed by atoms with van der Waals surface area (Å²) in [7, 11) is 1.83. The summed E-state index contributed by atoms with van der Waals surface area (Å²) in [5.74, 6) is 0.912. The SMILES string of the molecule is Cc1nc2ncnn2c(C)c1CCC(=O)N(C)CC1CCCC1O. The Hall–Kier alpha value is -2.02. The monoisotopic (exact) mass is 331 g/mol. The number of aryl methyl sites for hydroxylation is 2. The molecule has 7 nitrogen and oxygen atoms in total. The van der Waals surface area contributed by atoms with Crippen LogP contribution in [-0.2, 0) is 11.2 Å². The summed E-state index contributed by atoms with van der Waals surface area (Å²) in [6, 6.07) is 0. The molecule has 3 rings (SSSR count). The zero-order valence-electron chi connectivity index (χ0n) is 14.6. The summed E-state index contributed by atoms with van der Waals surface area (Å²) in [4.78, 5) is 22.7. The van der Waals surface area contributed by atoms with E-state index in [1.165, 1.54) is 6.33 Å². The molecule has 24 heavy (non-hydrogen) atoms. The number of fused-ring (bicyclic) bond motifs is 1. The van der Waals surface area contributed by atoms with Crippen molar-refractivity contribution < 1.29 is 9.90 Å². The van der Waals surface area contributed by atoms with E-state index in [2.05, 4.69) is 15.1 Å². The van der Waals surface area contributed by atoms with E-state index < -0.39 is 0 Å². The molecule has 0 aromatic carbocycles. The van der Waals surface area contributed by atoms with Crippen molar-refractivity contribution in [2.75, 3.05) is 13.6 Å². The van der Waals surface area contributed by atoms with Crippen LogP contribution in [0.15, 0.2) is 6.33 Å². The fourth-order valence-electron chi connectivity index (χ4n) is 3.62. The Morgan fingerprint density at radius 1 is 1.42 bits per heavy atom. The van der Waals surface area contributed by atoms with E-state index in [1.54, 1.807) is 9.42 Å². The van der Waals surface area contributed by atoms with Crippen LogP contribution in [-0.4, -0.2) is 55.2 Å². The number of carbonyl (C=O) groups is 1. The summed E-state index contributed by atoms with van der Waals surface area (Å²) >= 11 is 0. The second-order valence-corrected chi connectivity index (χ2v) is 6.77. The number of carbonyl (C=O) groups excluding carboxylic acids is 1. The smallest absolute Gasteiger partial charge is 0.252 e. The number of hydrogen-bond acceptors (Lipinski definition) is 5. The number of nitrogens with zero attached hydrogens (tertiary/aromatic N) is 5. The Morgan fingerprint density at radius 2 is 2.21 bits per heavy atom. The van der Waals surface area contributed by atoms with E-state index in [0.29, 0.717) is 25.2 Å². The lowest BCUT2D eigenvalue weighted by atomic mass is 10.0. The van der Waals surface area contributed by atoms with Crippen molar-refractivity contribution in [1.29, 1.82) is 0 Å². The van der Waals surface area contributed by atoms with Crippen LogP contribution in [0.5, 0.6) is 0 Å². The highest BCUT2D eigenvalue weighted by atomic mass is 16.3. The minimum absolute atomic E-state index is 0.103. The lowest BCUT2D eigenvalue weighted by Gasteiger charge is -2.23. The number of hydrogen-bond donors (Lipinski definition) is 1. The Labute approximate surface area is 141 Å². The molecule has 1 fully saturated rings. The lowest BCUT2D eigenvalue weighted by molar-refractivity contribution is -0.130. The fourth-order valence-corrected chi connectivity index (χ4v) is 3.62. The summed E-state index contributed by atoms with van der Waals surface area (Å²) in [5.41, 5.74) is 2.93. The standard InChI is InChI=1S/C17H25N5O2/c1-11-14(12(2)22-17(20-11)18-10-19-22)7-8-16(24)21(3)9-13-5-4-6-15(13)23/h10,13,15,23H,4-9H2,1-3H3. The lowest BCUT2D eigenvalue weighted by Crippen LogP contribution is -2.34. The minimum atomic E-state index is -0.260. The van der Waals surface area contributed by atoms with Crippen molar-refractivity contribution in [1.82, 2.24) is 24.5 Å². The van der Waals surface area contributed by atoms with Gasteiger partial charge < -0.3 is 10.0 Å². The van der Waals surface area contributed by atoms with Crippen molar-refractivity contribution in [3.8, 4) is 0 Å². The molecule has 2 heterocycles. The molecule has 130 valence electrons. The molecule has 0 saturated heterocycles. The van der Waals surface area contributed by atoms with Crippen molar-refractivity contribution in [2.24, 2.45) is 5.92 Å². The van der Waals surface area contributed by atoms with Crippen LogP contribution in [0.4, 0.5) is 0 Å². The number of rotatable bonds is 5. The van der Waals surface area contributed by atoms with Crippen LogP contribution in [0.3, 0.4) is 0 Å². The first kappa shape index (κ1) is 16.8. The highest BCUT2D eigenvalue weighted by molar-refractivity contribution is 5.76. The Morgan fingerprint density at radius 3 is 2.92 bits per heavy atom. The first-order valence-corrected chi connectivity index (χ1v) is 8.55. The molecule has 7 heteroatoms. The molecule has 1 saturated carbocycles. The van der Waals surface area contributed by atoms with Crippen molar-refractivity contribution in [3.05, 3.63) is 23.3 Å². The van der Waals surface area contributed by atoms with E-state index in [-0.39, 0.29) is 17.9 Å². The minimum Gasteiger partial charge on any atom is -0.393 e. The molecular formula is C17H25N5O2. The van der Waals surface area contributed by atoms with Gasteiger partial charge in [0.05, 0.1) is 6.10 Å². The van der Waals surface area contributed by atoms with Gasteiger partial charge in [0.2, 0.25) is 5.91 Å². The maximum absolute atomic E-state index is 12.4. The van der Waals surface area contributed by atoms with Crippen LogP contribution in [0.2, 0.25) is 0 Å². The Balaban J connectivity index is 1.63. The molecule has 0 aliphatic heterocycles. The zero-order chi connectivity index (χ0) is 17.3. The molecule has 2 aromatic heterocycles. The van der Waals surface area contributed by atoms with Gasteiger partial charge in [-0.25, -0.2) is 9.50 Å². The molecule has 1 aliphatic carbocycles. The molecule has 1 amide bonds. The average molecular weight is 331 g/mol. The summed E-state index contributed by atoms with van der Waals surface area (Å²) in [6.45, 7) is 4.56. The van der Waals surface area contributed by atoms with Crippen molar-refractivity contribution in [2.45, 2.75) is 52.1 Å². The fraction of sp³-hybridized carbons (Fsp3) is 0.647. The van der Waals surface area contributed by atoms with Crippen LogP contribution in [0.25, 0.3) is 5.78 Å². The van der Waals surface area contributed by atoms with E-state index in [1.807, 2.05) is 20.9 Å². The second-order valence-electron chi connectivity index (χ2n) is 6.77. The number of amides is 1. The number of aliphatic hydroxyl groups excluding tert-OH is 1. The molecule has 0 spiro atoms. The summed E-state index contributed by atoms with van der Waals surface area (Å²) in [6.07, 6.45) is 5.21. The van der Waals surface area contributed by atoms with Crippen LogP contribution >= 0.6 is 0 Å². The largest absolute Gasteiger partial charge is 0.393 e. The van der Waals surface area contributed by atoms with Gasteiger partial charge in [-0.2, -0.15) is 10.1 Å². The second kappa shape index (κ2) is 6.84. The van der Waals surface area contributed by atoms with Gasteiger partial charge in [-0.05, 0) is 38.7 Å². The number of aromatic nitrogens is 4. The van der Waals surface area contributed by atoms with Crippen LogP contribution in [0.1, 0.15) is 42.6 Å².